The number of aromatic amines is 1. The fraction of sp³-hybridized carbons (Fsp3) is 0.278. The molecule has 0 saturated heterocycles. The van der Waals surface area contributed by atoms with Crippen LogP contribution in [0, 0.1) is 0 Å². The number of H-pyrrole nitrogens is 1. The van der Waals surface area contributed by atoms with E-state index in [1.54, 1.807) is 0 Å². The van der Waals surface area contributed by atoms with Crippen molar-refractivity contribution in [2.75, 3.05) is 13.1 Å². The van der Waals surface area contributed by atoms with E-state index < -0.39 is 6.10 Å². The minimum absolute atomic E-state index is 0.213. The lowest BCUT2D eigenvalue weighted by molar-refractivity contribution is 0.173. The monoisotopic (exact) mass is 343 g/mol. The summed E-state index contributed by atoms with van der Waals surface area (Å²) in [6.07, 6.45) is 3.14. The number of aryl methyl sites for hydroxylation is 1. The van der Waals surface area contributed by atoms with Crippen molar-refractivity contribution in [3.63, 3.8) is 0 Å². The average molecular weight is 343 g/mol. The summed E-state index contributed by atoms with van der Waals surface area (Å²) in [5.74, 6) is 0. The molecule has 4 N–H and O–H groups in total. The highest BCUT2D eigenvalue weighted by Gasteiger charge is 2.09. The first-order valence-corrected chi connectivity index (χ1v) is 8.95. The second-order valence-electron chi connectivity index (χ2n) is 5.67. The summed E-state index contributed by atoms with van der Waals surface area (Å²) in [6, 6.07) is 9.82. The molecule has 0 radical (unpaired) electrons. The second kappa shape index (κ2) is 7.99. The van der Waals surface area contributed by atoms with Gasteiger partial charge in [0.05, 0.1) is 6.10 Å². The summed E-state index contributed by atoms with van der Waals surface area (Å²) in [7, 11) is 0. The number of aliphatic hydroxyl groups is 1. The Morgan fingerprint density at radius 1 is 1.25 bits per heavy atom. The van der Waals surface area contributed by atoms with Gasteiger partial charge in [0.15, 0.2) is 0 Å². The van der Waals surface area contributed by atoms with Crippen LogP contribution in [0.25, 0.3) is 10.9 Å². The lowest BCUT2D eigenvalue weighted by Gasteiger charge is -2.11. The topological polar surface area (TPSA) is 77.2 Å². The maximum Gasteiger partial charge on any atom is 0.314 e. The average Bonchev–Trinajstić information content (AvgIpc) is 3.26. The predicted octanol–water partition coefficient (Wildman–Crippen LogP) is 3.19. The largest absolute Gasteiger partial charge is 0.387 e. The number of urea groups is 1. The van der Waals surface area contributed by atoms with E-state index >= 15 is 0 Å². The molecule has 2 heterocycles. The summed E-state index contributed by atoms with van der Waals surface area (Å²) >= 11 is 1.53. The first kappa shape index (κ1) is 16.5. The Balaban J connectivity index is 1.36. The number of amides is 2. The van der Waals surface area contributed by atoms with Gasteiger partial charge >= 0.3 is 6.03 Å². The first-order valence-electron chi connectivity index (χ1n) is 8.01. The van der Waals surface area contributed by atoms with Gasteiger partial charge in [-0.3, -0.25) is 0 Å². The molecule has 5 nitrogen and oxygen atoms in total. The van der Waals surface area contributed by atoms with Crippen molar-refractivity contribution in [3.05, 3.63) is 58.4 Å². The van der Waals surface area contributed by atoms with Gasteiger partial charge in [-0.25, -0.2) is 4.79 Å². The van der Waals surface area contributed by atoms with Crippen molar-refractivity contribution in [2.45, 2.75) is 18.9 Å². The second-order valence-corrected chi connectivity index (χ2v) is 6.45. The van der Waals surface area contributed by atoms with Gasteiger partial charge in [-0.15, -0.1) is 0 Å². The highest BCUT2D eigenvalue weighted by molar-refractivity contribution is 7.07. The summed E-state index contributed by atoms with van der Waals surface area (Å²) in [5.41, 5.74) is 3.24. The molecule has 2 aromatic heterocycles. The van der Waals surface area contributed by atoms with Crippen LogP contribution in [0.3, 0.4) is 0 Å². The van der Waals surface area contributed by atoms with Gasteiger partial charge in [-0.1, -0.05) is 18.2 Å². The molecule has 0 aliphatic rings. The zero-order chi connectivity index (χ0) is 16.8. The number of para-hydroxylation sites is 1. The Kier molecular flexibility index (Phi) is 5.51. The molecule has 0 saturated carbocycles. The van der Waals surface area contributed by atoms with Gasteiger partial charge in [0.1, 0.15) is 0 Å². The Hall–Kier alpha value is -2.31. The quantitative estimate of drug-likeness (QED) is 0.497. The van der Waals surface area contributed by atoms with E-state index in [0.717, 1.165) is 23.9 Å². The Morgan fingerprint density at radius 2 is 2.12 bits per heavy atom. The van der Waals surface area contributed by atoms with Gasteiger partial charge in [-0.2, -0.15) is 11.3 Å². The van der Waals surface area contributed by atoms with Crippen LogP contribution < -0.4 is 10.6 Å². The van der Waals surface area contributed by atoms with Crippen LogP contribution in [0.15, 0.2) is 47.3 Å². The van der Waals surface area contributed by atoms with E-state index in [9.17, 15) is 9.90 Å². The molecule has 3 rings (SSSR count). The van der Waals surface area contributed by atoms with Gasteiger partial charge in [0.25, 0.3) is 0 Å². The maximum absolute atomic E-state index is 11.8. The number of carbonyl (C=O) groups is 1. The number of hydrogen-bond acceptors (Lipinski definition) is 3. The van der Waals surface area contributed by atoms with Crippen LogP contribution in [0.5, 0.6) is 0 Å². The van der Waals surface area contributed by atoms with Gasteiger partial charge in [0, 0.05) is 30.2 Å². The normalized spacial score (nSPS) is 12.2. The van der Waals surface area contributed by atoms with E-state index in [1.165, 1.54) is 22.3 Å². The Bertz CT molecular complexity index is 783. The molecular formula is C18H21N3O2S. The molecule has 3 aromatic rings. The molecule has 1 aromatic carbocycles. The maximum atomic E-state index is 11.8. The van der Waals surface area contributed by atoms with Gasteiger partial charge < -0.3 is 20.7 Å². The van der Waals surface area contributed by atoms with Crippen LogP contribution in [0.1, 0.15) is 23.7 Å². The van der Waals surface area contributed by atoms with Crippen molar-refractivity contribution in [1.82, 2.24) is 15.6 Å². The summed E-state index contributed by atoms with van der Waals surface area (Å²) in [5, 5.41) is 20.5. The number of rotatable bonds is 7. The lowest BCUT2D eigenvalue weighted by atomic mass is 10.1. The van der Waals surface area contributed by atoms with Crippen LogP contribution in [0.4, 0.5) is 4.79 Å². The van der Waals surface area contributed by atoms with Crippen LogP contribution >= 0.6 is 11.3 Å². The Labute approximate surface area is 144 Å². The molecule has 0 aliphatic heterocycles. The molecule has 0 fully saturated rings. The van der Waals surface area contributed by atoms with Gasteiger partial charge in [0.2, 0.25) is 0 Å². The van der Waals surface area contributed by atoms with Crippen molar-refractivity contribution in [3.8, 4) is 0 Å². The van der Waals surface area contributed by atoms with E-state index in [0.29, 0.717) is 6.54 Å². The van der Waals surface area contributed by atoms with Crippen molar-refractivity contribution in [1.29, 1.82) is 0 Å². The van der Waals surface area contributed by atoms with Crippen LogP contribution in [-0.2, 0) is 6.42 Å². The third-order valence-corrected chi connectivity index (χ3v) is 4.67. The van der Waals surface area contributed by atoms with Crippen LogP contribution in [0.2, 0.25) is 0 Å². The molecular weight excluding hydrogens is 322 g/mol. The number of fused-ring (bicyclic) bond motifs is 1. The number of aromatic nitrogens is 1. The molecule has 24 heavy (non-hydrogen) atoms. The minimum atomic E-state index is -0.659. The fourth-order valence-electron chi connectivity index (χ4n) is 2.65. The predicted molar refractivity (Wildman–Crippen MR) is 97.3 cm³/mol. The molecule has 0 spiro atoms. The zero-order valence-corrected chi connectivity index (χ0v) is 14.1. The molecule has 1 unspecified atom stereocenters. The molecule has 126 valence electrons. The number of benzene rings is 1. The van der Waals surface area contributed by atoms with Crippen molar-refractivity contribution < 1.29 is 9.90 Å². The van der Waals surface area contributed by atoms with E-state index in [-0.39, 0.29) is 12.6 Å². The molecule has 2 amide bonds. The summed E-state index contributed by atoms with van der Waals surface area (Å²) in [6.45, 7) is 0.810. The van der Waals surface area contributed by atoms with Gasteiger partial charge in [-0.05, 0) is 46.9 Å². The Morgan fingerprint density at radius 3 is 2.96 bits per heavy atom. The van der Waals surface area contributed by atoms with Crippen molar-refractivity contribution in [2.24, 2.45) is 0 Å². The minimum Gasteiger partial charge on any atom is -0.387 e. The van der Waals surface area contributed by atoms with E-state index in [1.807, 2.05) is 35.2 Å². The standard InChI is InChI=1S/C18H21N3O2S/c22-17(14-7-9-24-12-14)11-21-18(23)19-8-3-4-13-10-20-16-6-2-1-5-15(13)16/h1-2,5-7,9-10,12,17,20,22H,3-4,8,11H2,(H2,19,21,23). The number of hydrogen-bond donors (Lipinski definition) is 4. The zero-order valence-electron chi connectivity index (χ0n) is 13.3. The number of thiophene rings is 1. The fourth-order valence-corrected chi connectivity index (χ4v) is 3.36. The third-order valence-electron chi connectivity index (χ3n) is 3.97. The smallest absolute Gasteiger partial charge is 0.314 e. The number of carbonyl (C=O) groups excluding carboxylic acids is 1. The van der Waals surface area contributed by atoms with Crippen LogP contribution in [-0.4, -0.2) is 29.2 Å². The molecule has 1 atom stereocenters. The molecule has 0 aliphatic carbocycles. The molecule has 6 heteroatoms. The third kappa shape index (κ3) is 4.15. The van der Waals surface area contributed by atoms with E-state index in [4.69, 9.17) is 0 Å². The summed E-state index contributed by atoms with van der Waals surface area (Å²) in [4.78, 5) is 15.0. The summed E-state index contributed by atoms with van der Waals surface area (Å²) < 4.78 is 0. The highest BCUT2D eigenvalue weighted by Crippen LogP contribution is 2.18. The number of nitrogens with one attached hydrogen (secondary N) is 3. The SMILES string of the molecule is O=C(NCCCc1c[nH]c2ccccc12)NCC(O)c1ccsc1. The van der Waals surface area contributed by atoms with E-state index in [2.05, 4.69) is 27.8 Å². The lowest BCUT2D eigenvalue weighted by Crippen LogP contribution is -2.38. The highest BCUT2D eigenvalue weighted by atomic mass is 32.1. The number of aliphatic hydroxyl groups excluding tert-OH is 1. The van der Waals surface area contributed by atoms with Crippen molar-refractivity contribution >= 4 is 28.3 Å². The molecule has 0 bridgehead atoms. The first-order chi connectivity index (χ1) is 11.7.